The first-order valence-electron chi connectivity index (χ1n) is 8.30. The molecule has 0 bridgehead atoms. The minimum absolute atomic E-state index is 0.0239. The van der Waals surface area contributed by atoms with Gasteiger partial charge in [-0.2, -0.15) is 0 Å². The molecule has 2 N–H and O–H groups in total. The van der Waals surface area contributed by atoms with Crippen molar-refractivity contribution in [2.45, 2.75) is 32.4 Å². The summed E-state index contributed by atoms with van der Waals surface area (Å²) in [4.78, 5) is 25.4. The molecule has 1 aliphatic heterocycles. The molecule has 2 atom stereocenters. The van der Waals surface area contributed by atoms with Crippen LogP contribution in [0.5, 0.6) is 0 Å². The van der Waals surface area contributed by atoms with E-state index in [1.165, 1.54) is 7.11 Å². The second-order valence-corrected chi connectivity index (χ2v) is 6.42. The third kappa shape index (κ3) is 3.15. The van der Waals surface area contributed by atoms with Gasteiger partial charge in [-0.05, 0) is 54.3 Å². The molecule has 25 heavy (non-hydrogen) atoms. The number of carbonyl (C=O) groups excluding carboxylic acids is 2. The van der Waals surface area contributed by atoms with E-state index in [4.69, 9.17) is 10.5 Å². The number of fused-ring (bicyclic) bond motifs is 1. The van der Waals surface area contributed by atoms with E-state index in [2.05, 4.69) is 0 Å². The molecule has 5 heteroatoms. The Kier molecular flexibility index (Phi) is 4.59. The number of carbonyl (C=O) groups is 2. The van der Waals surface area contributed by atoms with Crippen LogP contribution in [0.25, 0.3) is 11.1 Å². The number of ether oxygens (including phenoxy) is 1. The zero-order chi connectivity index (χ0) is 18.1. The standard InChI is InChI=1S/C20H22N2O3/c1-12-10-18(21)17-11-16(8-9-19(17)22(12)13(2)23)14-4-6-15(7-5-14)20(24)25-3/h4-9,11-12,18H,10,21H2,1-3H3. The maximum Gasteiger partial charge on any atom is 0.337 e. The summed E-state index contributed by atoms with van der Waals surface area (Å²) in [5.74, 6) is -0.332. The van der Waals surface area contributed by atoms with Crippen molar-refractivity contribution in [2.75, 3.05) is 12.0 Å². The molecule has 0 aliphatic carbocycles. The van der Waals surface area contributed by atoms with E-state index >= 15 is 0 Å². The maximum absolute atomic E-state index is 12.0. The lowest BCUT2D eigenvalue weighted by atomic mass is 9.89. The van der Waals surface area contributed by atoms with E-state index in [9.17, 15) is 9.59 Å². The molecule has 1 aliphatic rings. The van der Waals surface area contributed by atoms with Gasteiger partial charge in [0.2, 0.25) is 5.91 Å². The molecular weight excluding hydrogens is 316 g/mol. The van der Waals surface area contributed by atoms with E-state index in [0.717, 1.165) is 28.8 Å². The number of nitrogens with zero attached hydrogens (tertiary/aromatic N) is 1. The van der Waals surface area contributed by atoms with Crippen LogP contribution in [-0.2, 0) is 9.53 Å². The summed E-state index contributed by atoms with van der Waals surface area (Å²) in [5.41, 5.74) is 10.7. The summed E-state index contributed by atoms with van der Waals surface area (Å²) in [6.07, 6.45) is 0.733. The van der Waals surface area contributed by atoms with Gasteiger partial charge in [0.05, 0.1) is 12.7 Å². The molecule has 0 spiro atoms. The Morgan fingerprint density at radius 2 is 1.76 bits per heavy atom. The summed E-state index contributed by atoms with van der Waals surface area (Å²) in [6.45, 7) is 3.60. The van der Waals surface area contributed by atoms with Gasteiger partial charge in [0.15, 0.2) is 0 Å². The molecule has 0 fully saturated rings. The largest absolute Gasteiger partial charge is 0.465 e. The van der Waals surface area contributed by atoms with Gasteiger partial charge in [-0.1, -0.05) is 18.2 Å². The molecular formula is C20H22N2O3. The predicted molar refractivity (Wildman–Crippen MR) is 97.4 cm³/mol. The molecule has 3 rings (SSSR count). The van der Waals surface area contributed by atoms with Crippen LogP contribution >= 0.6 is 0 Å². The van der Waals surface area contributed by atoms with Gasteiger partial charge in [0, 0.05) is 24.7 Å². The average Bonchev–Trinajstić information content (AvgIpc) is 2.60. The first kappa shape index (κ1) is 17.2. The second kappa shape index (κ2) is 6.69. The number of rotatable bonds is 2. The molecule has 1 heterocycles. The highest BCUT2D eigenvalue weighted by Gasteiger charge is 2.30. The van der Waals surface area contributed by atoms with E-state index in [1.54, 1.807) is 19.1 Å². The smallest absolute Gasteiger partial charge is 0.337 e. The lowest BCUT2D eigenvalue weighted by molar-refractivity contribution is -0.117. The van der Waals surface area contributed by atoms with Gasteiger partial charge in [-0.3, -0.25) is 4.79 Å². The van der Waals surface area contributed by atoms with Crippen molar-refractivity contribution in [1.29, 1.82) is 0 Å². The second-order valence-electron chi connectivity index (χ2n) is 6.42. The summed E-state index contributed by atoms with van der Waals surface area (Å²) in [5, 5.41) is 0. The van der Waals surface area contributed by atoms with Gasteiger partial charge in [0.1, 0.15) is 0 Å². The van der Waals surface area contributed by atoms with Crippen LogP contribution in [0.2, 0.25) is 0 Å². The van der Waals surface area contributed by atoms with Crippen molar-refractivity contribution in [3.05, 3.63) is 53.6 Å². The predicted octanol–water partition coefficient (Wildman–Crippen LogP) is 3.29. The molecule has 2 unspecified atom stereocenters. The van der Waals surface area contributed by atoms with Gasteiger partial charge in [0.25, 0.3) is 0 Å². The third-order valence-electron chi connectivity index (χ3n) is 4.70. The summed E-state index contributed by atoms with van der Waals surface area (Å²) < 4.78 is 4.72. The highest BCUT2D eigenvalue weighted by atomic mass is 16.5. The Morgan fingerprint density at radius 3 is 2.36 bits per heavy atom. The molecule has 0 radical (unpaired) electrons. The van der Waals surface area contributed by atoms with Crippen LogP contribution in [0.1, 0.15) is 42.2 Å². The first-order chi connectivity index (χ1) is 11.9. The van der Waals surface area contributed by atoms with Crippen molar-refractivity contribution in [1.82, 2.24) is 0 Å². The summed E-state index contributed by atoms with van der Waals surface area (Å²) in [7, 11) is 1.36. The Labute approximate surface area is 147 Å². The molecule has 0 saturated carbocycles. The number of methoxy groups -OCH3 is 1. The normalized spacial score (nSPS) is 19.3. The van der Waals surface area contributed by atoms with E-state index in [-0.39, 0.29) is 24.0 Å². The number of hydrogen-bond donors (Lipinski definition) is 1. The number of benzene rings is 2. The zero-order valence-electron chi connectivity index (χ0n) is 14.7. The molecule has 0 aromatic heterocycles. The van der Waals surface area contributed by atoms with E-state index < -0.39 is 0 Å². The number of esters is 1. The topological polar surface area (TPSA) is 72.6 Å². The van der Waals surface area contributed by atoms with Crippen molar-refractivity contribution in [3.63, 3.8) is 0 Å². The van der Waals surface area contributed by atoms with Crippen LogP contribution in [0.4, 0.5) is 5.69 Å². The Hall–Kier alpha value is -2.66. The van der Waals surface area contributed by atoms with E-state index in [0.29, 0.717) is 5.56 Å². The monoisotopic (exact) mass is 338 g/mol. The van der Waals surface area contributed by atoms with Gasteiger partial charge in [-0.25, -0.2) is 4.79 Å². The van der Waals surface area contributed by atoms with Crippen LogP contribution in [0.15, 0.2) is 42.5 Å². The minimum Gasteiger partial charge on any atom is -0.465 e. The number of nitrogens with two attached hydrogens (primary N) is 1. The molecule has 5 nitrogen and oxygen atoms in total. The molecule has 130 valence electrons. The highest BCUT2D eigenvalue weighted by Crippen LogP contribution is 2.38. The zero-order valence-corrected chi connectivity index (χ0v) is 14.7. The van der Waals surface area contributed by atoms with Crippen LogP contribution in [0.3, 0.4) is 0 Å². The van der Waals surface area contributed by atoms with Crippen LogP contribution < -0.4 is 10.6 Å². The van der Waals surface area contributed by atoms with Crippen molar-refractivity contribution in [2.24, 2.45) is 5.73 Å². The molecule has 2 aromatic rings. The minimum atomic E-state index is -0.356. The quantitative estimate of drug-likeness (QED) is 0.853. The lowest BCUT2D eigenvalue weighted by Crippen LogP contribution is -2.43. The van der Waals surface area contributed by atoms with Crippen LogP contribution in [0, 0.1) is 0 Å². The van der Waals surface area contributed by atoms with Crippen molar-refractivity contribution < 1.29 is 14.3 Å². The van der Waals surface area contributed by atoms with E-state index in [1.807, 2.05) is 42.2 Å². The number of anilines is 1. The fraction of sp³-hybridized carbons (Fsp3) is 0.300. The summed E-state index contributed by atoms with van der Waals surface area (Å²) >= 11 is 0. The van der Waals surface area contributed by atoms with Crippen molar-refractivity contribution >= 4 is 17.6 Å². The first-order valence-corrected chi connectivity index (χ1v) is 8.30. The average molecular weight is 338 g/mol. The Balaban J connectivity index is 1.99. The van der Waals surface area contributed by atoms with Gasteiger partial charge in [-0.15, -0.1) is 0 Å². The number of amides is 1. The molecule has 0 saturated heterocycles. The Bertz CT molecular complexity index is 814. The highest BCUT2D eigenvalue weighted by molar-refractivity contribution is 5.94. The van der Waals surface area contributed by atoms with Crippen molar-refractivity contribution in [3.8, 4) is 11.1 Å². The fourth-order valence-electron chi connectivity index (χ4n) is 3.48. The third-order valence-corrected chi connectivity index (χ3v) is 4.70. The molecule has 1 amide bonds. The maximum atomic E-state index is 12.0. The SMILES string of the molecule is COC(=O)c1ccc(-c2ccc3c(c2)C(N)CC(C)N3C(C)=O)cc1. The lowest BCUT2D eigenvalue weighted by Gasteiger charge is -2.37. The van der Waals surface area contributed by atoms with Crippen LogP contribution in [-0.4, -0.2) is 25.0 Å². The fourth-order valence-corrected chi connectivity index (χ4v) is 3.48. The Morgan fingerprint density at radius 1 is 1.12 bits per heavy atom. The molecule has 2 aromatic carbocycles. The summed E-state index contributed by atoms with van der Waals surface area (Å²) in [6, 6.07) is 13.2. The number of hydrogen-bond acceptors (Lipinski definition) is 4. The van der Waals surface area contributed by atoms with Gasteiger partial charge < -0.3 is 15.4 Å². The van der Waals surface area contributed by atoms with Gasteiger partial charge >= 0.3 is 5.97 Å².